The third kappa shape index (κ3) is 3.27. The molecule has 1 fully saturated rings. The van der Waals surface area contributed by atoms with E-state index in [1.807, 2.05) is 13.8 Å². The largest absolute Gasteiger partial charge is 0.452 e. The lowest BCUT2D eigenvalue weighted by Crippen LogP contribution is -2.30. The summed E-state index contributed by atoms with van der Waals surface area (Å²) in [4.78, 5) is 24.8. The van der Waals surface area contributed by atoms with Crippen LogP contribution in [0.25, 0.3) is 0 Å². The van der Waals surface area contributed by atoms with Gasteiger partial charge in [-0.05, 0) is 5.92 Å². The van der Waals surface area contributed by atoms with Crippen LogP contribution in [0.15, 0.2) is 0 Å². The van der Waals surface area contributed by atoms with Crippen molar-refractivity contribution in [3.8, 4) is 12.3 Å². The van der Waals surface area contributed by atoms with Gasteiger partial charge in [0.05, 0.1) is 5.92 Å². The first-order chi connectivity index (χ1) is 7.54. The number of amides is 1. The van der Waals surface area contributed by atoms with Crippen molar-refractivity contribution < 1.29 is 14.3 Å². The highest BCUT2D eigenvalue weighted by Gasteiger charge is 2.35. The lowest BCUT2D eigenvalue weighted by molar-refractivity contribution is -0.146. The van der Waals surface area contributed by atoms with Crippen molar-refractivity contribution in [3.05, 3.63) is 0 Å². The van der Waals surface area contributed by atoms with E-state index in [1.165, 1.54) is 0 Å². The fraction of sp³-hybridized carbons (Fsp3) is 0.667. The van der Waals surface area contributed by atoms with E-state index in [2.05, 4.69) is 5.92 Å². The van der Waals surface area contributed by atoms with Gasteiger partial charge in [0, 0.05) is 19.5 Å². The number of nitrogens with zero attached hydrogens (tertiary/aromatic N) is 1. The van der Waals surface area contributed by atoms with Crippen molar-refractivity contribution in [1.82, 2.24) is 4.90 Å². The highest BCUT2D eigenvalue weighted by Crippen LogP contribution is 2.20. The zero-order valence-electron chi connectivity index (χ0n) is 9.73. The number of esters is 1. The van der Waals surface area contributed by atoms with Gasteiger partial charge in [0.2, 0.25) is 5.91 Å². The van der Waals surface area contributed by atoms with Gasteiger partial charge < -0.3 is 9.64 Å². The number of rotatable bonds is 4. The van der Waals surface area contributed by atoms with Gasteiger partial charge in [0.15, 0.2) is 6.61 Å². The monoisotopic (exact) mass is 223 g/mol. The quantitative estimate of drug-likeness (QED) is 0.520. The average Bonchev–Trinajstić information content (AvgIpc) is 2.56. The van der Waals surface area contributed by atoms with Crippen molar-refractivity contribution in [1.29, 1.82) is 0 Å². The third-order valence-electron chi connectivity index (χ3n) is 2.43. The summed E-state index contributed by atoms with van der Waals surface area (Å²) in [6.45, 7) is 5.21. The maximum Gasteiger partial charge on any atom is 0.312 e. The summed E-state index contributed by atoms with van der Waals surface area (Å²) < 4.78 is 4.82. The molecule has 4 nitrogen and oxygen atoms in total. The summed E-state index contributed by atoms with van der Waals surface area (Å²) in [5, 5.41) is 0. The van der Waals surface area contributed by atoms with Crippen LogP contribution in [-0.4, -0.2) is 36.5 Å². The molecule has 0 aromatic heterocycles. The van der Waals surface area contributed by atoms with Crippen LogP contribution in [0.4, 0.5) is 0 Å². The second-order valence-corrected chi connectivity index (χ2v) is 4.41. The maximum atomic E-state index is 11.6. The van der Waals surface area contributed by atoms with Gasteiger partial charge in [-0.25, -0.2) is 0 Å². The molecule has 0 aliphatic carbocycles. The molecule has 88 valence electrons. The third-order valence-corrected chi connectivity index (χ3v) is 2.43. The number of terminal acetylenes is 1. The Kier molecular flexibility index (Phi) is 4.36. The Labute approximate surface area is 95.9 Å². The summed E-state index contributed by atoms with van der Waals surface area (Å²) in [6.07, 6.45) is 5.24. The summed E-state index contributed by atoms with van der Waals surface area (Å²) in [5.74, 6) is 1.96. The zero-order valence-corrected chi connectivity index (χ0v) is 9.73. The van der Waals surface area contributed by atoms with Crippen LogP contribution in [0, 0.1) is 24.2 Å². The number of carbonyl (C=O) groups is 2. The molecule has 1 aliphatic heterocycles. The first-order valence-electron chi connectivity index (χ1n) is 5.42. The summed E-state index contributed by atoms with van der Waals surface area (Å²) in [7, 11) is 0. The van der Waals surface area contributed by atoms with E-state index >= 15 is 0 Å². The Balaban J connectivity index is 2.46. The number of likely N-dealkylation sites (tertiary alicyclic amines) is 1. The molecule has 1 atom stereocenters. The molecule has 16 heavy (non-hydrogen) atoms. The molecular weight excluding hydrogens is 206 g/mol. The van der Waals surface area contributed by atoms with Crippen LogP contribution >= 0.6 is 0 Å². The van der Waals surface area contributed by atoms with Crippen LogP contribution in [0.5, 0.6) is 0 Å². The van der Waals surface area contributed by atoms with Crippen molar-refractivity contribution in [2.75, 3.05) is 19.7 Å². The van der Waals surface area contributed by atoms with E-state index in [0.29, 0.717) is 19.0 Å². The van der Waals surface area contributed by atoms with E-state index in [9.17, 15) is 9.59 Å². The van der Waals surface area contributed by atoms with Crippen molar-refractivity contribution in [3.63, 3.8) is 0 Å². The van der Waals surface area contributed by atoms with Crippen LogP contribution < -0.4 is 0 Å². The molecule has 1 saturated heterocycles. The van der Waals surface area contributed by atoms with E-state index in [1.54, 1.807) is 4.90 Å². The van der Waals surface area contributed by atoms with E-state index in [-0.39, 0.29) is 30.8 Å². The van der Waals surface area contributed by atoms with Gasteiger partial charge in [0.25, 0.3) is 0 Å². The first kappa shape index (κ1) is 12.6. The Morgan fingerprint density at radius 3 is 2.94 bits per heavy atom. The minimum atomic E-state index is -0.363. The van der Waals surface area contributed by atoms with Crippen LogP contribution in [-0.2, 0) is 14.3 Å². The highest BCUT2D eigenvalue weighted by atomic mass is 16.5. The molecule has 0 saturated carbocycles. The Morgan fingerprint density at radius 1 is 1.69 bits per heavy atom. The zero-order chi connectivity index (χ0) is 12.1. The molecule has 4 heteroatoms. The normalized spacial score (nSPS) is 20.0. The molecule has 1 amide bonds. The fourth-order valence-electron chi connectivity index (χ4n) is 1.78. The van der Waals surface area contributed by atoms with Crippen molar-refractivity contribution >= 4 is 11.9 Å². The van der Waals surface area contributed by atoms with E-state index in [0.717, 1.165) is 0 Å². The Bertz CT molecular complexity index is 317. The second kappa shape index (κ2) is 5.55. The Hall–Kier alpha value is -1.50. The van der Waals surface area contributed by atoms with Crippen LogP contribution in [0.1, 0.15) is 20.3 Å². The summed E-state index contributed by atoms with van der Waals surface area (Å²) >= 11 is 0. The molecule has 0 aromatic rings. The minimum Gasteiger partial charge on any atom is -0.452 e. The van der Waals surface area contributed by atoms with Crippen LogP contribution in [0.2, 0.25) is 0 Å². The SMILES string of the molecule is C#CCOC(=O)C1CC(=O)N(CC(C)C)C1. The van der Waals surface area contributed by atoms with Gasteiger partial charge in [-0.15, -0.1) is 6.42 Å². The lowest BCUT2D eigenvalue weighted by Gasteiger charge is -2.18. The second-order valence-electron chi connectivity index (χ2n) is 4.41. The van der Waals surface area contributed by atoms with Crippen molar-refractivity contribution in [2.24, 2.45) is 11.8 Å². The van der Waals surface area contributed by atoms with E-state index in [4.69, 9.17) is 11.2 Å². The standard InChI is InChI=1S/C12H17NO3/c1-4-5-16-12(15)10-6-11(14)13(8-10)7-9(2)3/h1,9-10H,5-8H2,2-3H3. The molecule has 0 spiro atoms. The molecule has 0 aromatic carbocycles. The molecule has 1 rings (SSSR count). The fourth-order valence-corrected chi connectivity index (χ4v) is 1.78. The minimum absolute atomic E-state index is 0.0201. The first-order valence-corrected chi connectivity index (χ1v) is 5.42. The topological polar surface area (TPSA) is 46.6 Å². The summed E-state index contributed by atoms with van der Waals surface area (Å²) in [6, 6.07) is 0. The Morgan fingerprint density at radius 2 is 2.38 bits per heavy atom. The molecule has 0 bridgehead atoms. The smallest absolute Gasteiger partial charge is 0.312 e. The predicted octanol–water partition coefficient (Wildman–Crippen LogP) is 0.667. The highest BCUT2D eigenvalue weighted by molar-refractivity contribution is 5.86. The number of carbonyl (C=O) groups excluding carboxylic acids is 2. The molecule has 1 aliphatic rings. The van der Waals surface area contributed by atoms with Gasteiger partial charge in [-0.2, -0.15) is 0 Å². The molecule has 1 unspecified atom stereocenters. The molecule has 0 N–H and O–H groups in total. The van der Waals surface area contributed by atoms with Crippen molar-refractivity contribution in [2.45, 2.75) is 20.3 Å². The summed E-state index contributed by atoms with van der Waals surface area (Å²) in [5.41, 5.74) is 0. The van der Waals surface area contributed by atoms with Gasteiger partial charge in [-0.3, -0.25) is 9.59 Å². The molecule has 0 radical (unpaired) electrons. The van der Waals surface area contributed by atoms with Gasteiger partial charge in [-0.1, -0.05) is 19.8 Å². The van der Waals surface area contributed by atoms with Gasteiger partial charge >= 0.3 is 5.97 Å². The number of ether oxygens (including phenoxy) is 1. The lowest BCUT2D eigenvalue weighted by atomic mass is 10.1. The van der Waals surface area contributed by atoms with E-state index < -0.39 is 0 Å². The maximum absolute atomic E-state index is 11.6. The number of hydrogen-bond donors (Lipinski definition) is 0. The molecular formula is C12H17NO3. The number of hydrogen-bond acceptors (Lipinski definition) is 3. The van der Waals surface area contributed by atoms with Gasteiger partial charge in [0.1, 0.15) is 0 Å². The predicted molar refractivity (Wildman–Crippen MR) is 59.3 cm³/mol. The average molecular weight is 223 g/mol. The molecule has 1 heterocycles. The van der Waals surface area contributed by atoms with Crippen LogP contribution in [0.3, 0.4) is 0 Å².